The Kier molecular flexibility index (Phi) is 3.22. The normalized spacial score (nSPS) is 10.3. The summed E-state index contributed by atoms with van der Waals surface area (Å²) in [6.07, 6.45) is 3.14. The minimum absolute atomic E-state index is 0.110. The molecule has 2 aromatic heterocycles. The largest absolute Gasteiger partial charge is 0.478 e. The van der Waals surface area contributed by atoms with Crippen molar-refractivity contribution in [3.05, 3.63) is 35.4 Å². The molecule has 0 radical (unpaired) electrons. The van der Waals surface area contributed by atoms with Crippen LogP contribution in [-0.2, 0) is 13.6 Å². The van der Waals surface area contributed by atoms with Crippen molar-refractivity contribution in [1.82, 2.24) is 19.7 Å². The van der Waals surface area contributed by atoms with Gasteiger partial charge in [0, 0.05) is 19.4 Å². The minimum Gasteiger partial charge on any atom is -0.478 e. The number of carboxylic acid groups (broad SMARTS) is 1. The van der Waals surface area contributed by atoms with Crippen LogP contribution in [0.15, 0.2) is 18.5 Å². The van der Waals surface area contributed by atoms with Crippen LogP contribution in [0.1, 0.15) is 21.7 Å². The summed E-state index contributed by atoms with van der Waals surface area (Å²) in [7, 11) is 1.84. The van der Waals surface area contributed by atoms with Crippen LogP contribution in [0.5, 0.6) is 0 Å². The van der Waals surface area contributed by atoms with Crippen molar-refractivity contribution in [2.24, 2.45) is 7.05 Å². The first-order valence-electron chi connectivity index (χ1n) is 5.35. The highest BCUT2D eigenvalue weighted by Gasteiger charge is 2.09. The summed E-state index contributed by atoms with van der Waals surface area (Å²) in [5, 5.41) is 16.0. The van der Waals surface area contributed by atoms with Crippen LogP contribution in [0.3, 0.4) is 0 Å². The van der Waals surface area contributed by atoms with E-state index in [0.29, 0.717) is 18.2 Å². The molecule has 2 heterocycles. The van der Waals surface area contributed by atoms with E-state index in [2.05, 4.69) is 20.4 Å². The molecule has 0 aliphatic rings. The third-order valence-electron chi connectivity index (χ3n) is 2.41. The molecule has 0 aliphatic heterocycles. The lowest BCUT2D eigenvalue weighted by Gasteiger charge is -2.05. The molecule has 2 rings (SSSR count). The number of carboxylic acids is 1. The molecule has 7 nitrogen and oxygen atoms in total. The fourth-order valence-electron chi connectivity index (χ4n) is 1.49. The SMILES string of the molecule is Cc1nc(NCc2ccn(C)n2)ncc1C(=O)O. The van der Waals surface area contributed by atoms with Crippen LogP contribution in [-0.4, -0.2) is 30.8 Å². The zero-order valence-corrected chi connectivity index (χ0v) is 10.1. The number of carbonyl (C=O) groups is 1. The average Bonchev–Trinajstić information content (AvgIpc) is 2.72. The van der Waals surface area contributed by atoms with Gasteiger partial charge in [-0.05, 0) is 13.0 Å². The van der Waals surface area contributed by atoms with Gasteiger partial charge in [-0.15, -0.1) is 0 Å². The van der Waals surface area contributed by atoms with Crippen LogP contribution in [0.4, 0.5) is 5.95 Å². The molecule has 0 fully saturated rings. The standard InChI is InChI=1S/C11H13N5O2/c1-7-9(10(17)18)6-13-11(14-7)12-5-8-3-4-16(2)15-8/h3-4,6H,5H2,1-2H3,(H,17,18)(H,12,13,14). The van der Waals surface area contributed by atoms with Gasteiger partial charge in [-0.2, -0.15) is 5.10 Å². The lowest BCUT2D eigenvalue weighted by atomic mass is 10.2. The van der Waals surface area contributed by atoms with Gasteiger partial charge < -0.3 is 10.4 Å². The molecule has 0 atom stereocenters. The third-order valence-corrected chi connectivity index (χ3v) is 2.41. The molecule has 0 aromatic carbocycles. The van der Waals surface area contributed by atoms with Gasteiger partial charge in [0.05, 0.1) is 23.5 Å². The van der Waals surface area contributed by atoms with E-state index in [1.54, 1.807) is 11.6 Å². The lowest BCUT2D eigenvalue weighted by Crippen LogP contribution is -2.09. The number of aromatic carboxylic acids is 1. The van der Waals surface area contributed by atoms with Crippen molar-refractivity contribution >= 4 is 11.9 Å². The van der Waals surface area contributed by atoms with Crippen molar-refractivity contribution in [2.75, 3.05) is 5.32 Å². The second-order valence-electron chi connectivity index (χ2n) is 3.83. The number of nitrogens with zero attached hydrogens (tertiary/aromatic N) is 4. The molecule has 7 heteroatoms. The number of hydrogen-bond acceptors (Lipinski definition) is 5. The van der Waals surface area contributed by atoms with Crippen molar-refractivity contribution in [1.29, 1.82) is 0 Å². The van der Waals surface area contributed by atoms with E-state index in [1.807, 2.05) is 19.3 Å². The smallest absolute Gasteiger partial charge is 0.339 e. The molecule has 2 aromatic rings. The summed E-state index contributed by atoms with van der Waals surface area (Å²) in [5.41, 5.74) is 1.40. The van der Waals surface area contributed by atoms with Crippen molar-refractivity contribution < 1.29 is 9.90 Å². The van der Waals surface area contributed by atoms with Crippen molar-refractivity contribution in [3.8, 4) is 0 Å². The molecule has 0 amide bonds. The fourth-order valence-corrected chi connectivity index (χ4v) is 1.49. The van der Waals surface area contributed by atoms with Crippen LogP contribution in [0.2, 0.25) is 0 Å². The Morgan fingerprint density at radius 3 is 2.89 bits per heavy atom. The lowest BCUT2D eigenvalue weighted by molar-refractivity contribution is 0.0695. The Morgan fingerprint density at radius 2 is 2.33 bits per heavy atom. The third kappa shape index (κ3) is 2.62. The molecule has 18 heavy (non-hydrogen) atoms. The van der Waals surface area contributed by atoms with Crippen molar-refractivity contribution in [3.63, 3.8) is 0 Å². The Morgan fingerprint density at radius 1 is 1.56 bits per heavy atom. The number of anilines is 1. The van der Waals surface area contributed by atoms with Gasteiger partial charge in [0.2, 0.25) is 5.95 Å². The van der Waals surface area contributed by atoms with Crippen LogP contribution in [0.25, 0.3) is 0 Å². The summed E-state index contributed by atoms with van der Waals surface area (Å²) in [6.45, 7) is 2.13. The Hall–Kier alpha value is -2.44. The topological polar surface area (TPSA) is 92.9 Å². The Balaban J connectivity index is 2.06. The first-order chi connectivity index (χ1) is 8.56. The first-order valence-corrected chi connectivity index (χ1v) is 5.35. The monoisotopic (exact) mass is 247 g/mol. The Labute approximate surface area is 104 Å². The van der Waals surface area contributed by atoms with E-state index in [9.17, 15) is 4.79 Å². The zero-order valence-electron chi connectivity index (χ0n) is 10.1. The van der Waals surface area contributed by atoms with E-state index in [0.717, 1.165) is 5.69 Å². The predicted molar refractivity (Wildman–Crippen MR) is 64.3 cm³/mol. The van der Waals surface area contributed by atoms with E-state index < -0.39 is 5.97 Å². The zero-order chi connectivity index (χ0) is 13.1. The molecular weight excluding hydrogens is 234 g/mol. The predicted octanol–water partition coefficient (Wildman–Crippen LogP) is 0.829. The molecule has 0 unspecified atom stereocenters. The summed E-state index contributed by atoms with van der Waals surface area (Å²) in [5.74, 6) is -0.632. The molecule has 0 saturated heterocycles. The maximum atomic E-state index is 10.8. The summed E-state index contributed by atoms with van der Waals surface area (Å²) in [4.78, 5) is 18.8. The molecule has 94 valence electrons. The molecule has 0 spiro atoms. The van der Waals surface area contributed by atoms with Crippen LogP contribution in [0, 0.1) is 6.92 Å². The van der Waals surface area contributed by atoms with E-state index >= 15 is 0 Å². The summed E-state index contributed by atoms with van der Waals surface area (Å²) in [6, 6.07) is 1.88. The highest BCUT2D eigenvalue weighted by molar-refractivity contribution is 5.88. The van der Waals surface area contributed by atoms with E-state index in [1.165, 1.54) is 6.20 Å². The number of nitrogens with one attached hydrogen (secondary N) is 1. The van der Waals surface area contributed by atoms with Gasteiger partial charge in [0.15, 0.2) is 0 Å². The molecular formula is C11H13N5O2. The van der Waals surface area contributed by atoms with Gasteiger partial charge in [-0.1, -0.05) is 0 Å². The first kappa shape index (κ1) is 12.0. The maximum absolute atomic E-state index is 10.8. The van der Waals surface area contributed by atoms with E-state index in [4.69, 9.17) is 5.11 Å². The second kappa shape index (κ2) is 4.82. The van der Waals surface area contributed by atoms with Gasteiger partial charge in [-0.25, -0.2) is 14.8 Å². The number of aromatic nitrogens is 4. The maximum Gasteiger partial charge on any atom is 0.339 e. The van der Waals surface area contributed by atoms with Crippen LogP contribution < -0.4 is 5.32 Å². The molecule has 0 bridgehead atoms. The summed E-state index contributed by atoms with van der Waals surface area (Å²) >= 11 is 0. The second-order valence-corrected chi connectivity index (χ2v) is 3.83. The highest BCUT2D eigenvalue weighted by Crippen LogP contribution is 2.07. The van der Waals surface area contributed by atoms with Crippen molar-refractivity contribution in [2.45, 2.75) is 13.5 Å². The summed E-state index contributed by atoms with van der Waals surface area (Å²) < 4.78 is 1.71. The average molecular weight is 247 g/mol. The number of aryl methyl sites for hydroxylation is 2. The fraction of sp³-hybridized carbons (Fsp3) is 0.273. The molecule has 0 saturated carbocycles. The Bertz CT molecular complexity index is 579. The quantitative estimate of drug-likeness (QED) is 0.831. The minimum atomic E-state index is -1.02. The van der Waals surface area contributed by atoms with Crippen LogP contribution >= 0.6 is 0 Å². The van der Waals surface area contributed by atoms with E-state index in [-0.39, 0.29) is 5.56 Å². The number of rotatable bonds is 4. The van der Waals surface area contributed by atoms with Gasteiger partial charge >= 0.3 is 5.97 Å². The van der Waals surface area contributed by atoms with Gasteiger partial charge in [-0.3, -0.25) is 4.68 Å². The van der Waals surface area contributed by atoms with Gasteiger partial charge in [0.25, 0.3) is 0 Å². The van der Waals surface area contributed by atoms with Gasteiger partial charge in [0.1, 0.15) is 0 Å². The molecule has 2 N–H and O–H groups in total. The molecule has 0 aliphatic carbocycles. The highest BCUT2D eigenvalue weighted by atomic mass is 16.4. The number of hydrogen-bond donors (Lipinski definition) is 2.